The summed E-state index contributed by atoms with van der Waals surface area (Å²) >= 11 is 2.20. The van der Waals surface area contributed by atoms with Gasteiger partial charge in [-0.2, -0.15) is 0 Å². The van der Waals surface area contributed by atoms with Crippen LogP contribution in [-0.2, 0) is 25.7 Å². The predicted molar refractivity (Wildman–Crippen MR) is 140 cm³/mol. The Labute approximate surface area is 206 Å². The minimum Gasteiger partial charge on any atom is -0.454 e. The van der Waals surface area contributed by atoms with Gasteiger partial charge in [-0.15, -0.1) is 0 Å². The molecule has 0 unspecified atom stereocenters. The smallest absolute Gasteiger partial charge is 0.306 e. The van der Waals surface area contributed by atoms with Crippen molar-refractivity contribution in [2.45, 2.75) is 70.7 Å². The Morgan fingerprint density at radius 2 is 1.72 bits per heavy atom. The third-order valence-electron chi connectivity index (χ3n) is 4.53. The fraction of sp³-hybridized carbons (Fsp3) is 0.407. The lowest BCUT2D eigenvalue weighted by Gasteiger charge is -2.12. The van der Waals surface area contributed by atoms with Crippen LogP contribution >= 0.6 is 22.6 Å². The van der Waals surface area contributed by atoms with E-state index in [0.717, 1.165) is 31.2 Å². The number of benzene rings is 1. The first kappa shape index (κ1) is 28.0. The molecule has 1 aromatic carbocycles. The summed E-state index contributed by atoms with van der Waals surface area (Å²) in [6, 6.07) is 10.1. The zero-order valence-electron chi connectivity index (χ0n) is 18.9. The molecule has 0 N–H and O–H groups in total. The molecule has 0 saturated carbocycles. The van der Waals surface area contributed by atoms with Gasteiger partial charge >= 0.3 is 5.97 Å². The summed E-state index contributed by atoms with van der Waals surface area (Å²) in [6.07, 6.45) is 19.0. The quantitative estimate of drug-likeness (QED) is 0.0686. The molecule has 0 radical (unpaired) electrons. The minimum atomic E-state index is -0.702. The van der Waals surface area contributed by atoms with Crippen LogP contribution in [0.1, 0.15) is 57.4 Å². The third-order valence-corrected chi connectivity index (χ3v) is 4.94. The van der Waals surface area contributed by atoms with Gasteiger partial charge in [0.1, 0.15) is 0 Å². The topological polar surface area (TPSA) is 52.6 Å². The molecule has 0 amide bonds. The Morgan fingerprint density at radius 1 is 1.00 bits per heavy atom. The van der Waals surface area contributed by atoms with Gasteiger partial charge in [0.15, 0.2) is 12.4 Å². The van der Waals surface area contributed by atoms with Crippen molar-refractivity contribution in [3.05, 3.63) is 82.5 Å². The van der Waals surface area contributed by atoms with Gasteiger partial charge in [0.05, 0.1) is 12.7 Å². The van der Waals surface area contributed by atoms with Crippen molar-refractivity contribution in [1.82, 2.24) is 0 Å². The molecule has 5 heteroatoms. The van der Waals surface area contributed by atoms with E-state index in [0.29, 0.717) is 32.2 Å². The second-order valence-electron chi connectivity index (χ2n) is 7.24. The molecule has 0 heterocycles. The minimum absolute atomic E-state index is 0.0205. The molecule has 0 aliphatic carbocycles. The Balaban J connectivity index is 2.23. The highest BCUT2D eigenvalue weighted by atomic mass is 127. The maximum absolute atomic E-state index is 12.0. The summed E-state index contributed by atoms with van der Waals surface area (Å²) in [4.78, 5) is 23.1. The summed E-state index contributed by atoms with van der Waals surface area (Å²) in [5, 5.41) is 0. The van der Waals surface area contributed by atoms with Crippen molar-refractivity contribution in [1.29, 1.82) is 0 Å². The number of rotatable bonds is 17. The van der Waals surface area contributed by atoms with E-state index < -0.39 is 6.10 Å². The molecular weight excluding hydrogens is 515 g/mol. The Morgan fingerprint density at radius 3 is 2.44 bits per heavy atom. The zero-order valence-corrected chi connectivity index (χ0v) is 21.1. The molecular formula is C27H35IO4. The van der Waals surface area contributed by atoms with E-state index in [9.17, 15) is 9.59 Å². The van der Waals surface area contributed by atoms with E-state index in [4.69, 9.17) is 9.47 Å². The summed E-state index contributed by atoms with van der Waals surface area (Å²) < 4.78 is 13.2. The number of carbonyl (C=O) groups excluding carboxylic acids is 2. The average molecular weight is 550 g/mol. The molecule has 4 nitrogen and oxygen atoms in total. The Hall–Kier alpha value is -1.99. The van der Waals surface area contributed by atoms with Crippen molar-refractivity contribution in [3.63, 3.8) is 0 Å². The molecule has 0 spiro atoms. The van der Waals surface area contributed by atoms with Crippen LogP contribution in [0.25, 0.3) is 0 Å². The second kappa shape index (κ2) is 19.7. The van der Waals surface area contributed by atoms with Crippen LogP contribution in [0.2, 0.25) is 0 Å². The number of hydrogen-bond donors (Lipinski definition) is 0. The number of unbranched alkanes of at least 4 members (excludes halogenated alkanes) is 1. The highest BCUT2D eigenvalue weighted by molar-refractivity contribution is 14.1. The molecule has 0 aliphatic heterocycles. The maximum Gasteiger partial charge on any atom is 0.306 e. The number of allylic oxidation sites excluding steroid dienone is 4. The van der Waals surface area contributed by atoms with Crippen LogP contribution < -0.4 is 0 Å². The summed E-state index contributed by atoms with van der Waals surface area (Å²) in [5.41, 5.74) is 1.15. The fourth-order valence-electron chi connectivity index (χ4n) is 2.80. The molecule has 1 aromatic rings. The van der Waals surface area contributed by atoms with Crippen LogP contribution in [0, 0.1) is 0 Å². The van der Waals surface area contributed by atoms with Crippen molar-refractivity contribution in [2.75, 3.05) is 0 Å². The van der Waals surface area contributed by atoms with Crippen LogP contribution in [-0.4, -0.2) is 24.5 Å². The summed E-state index contributed by atoms with van der Waals surface area (Å²) in [7, 11) is 0. The molecule has 174 valence electrons. The molecule has 0 fully saturated rings. The number of aldehydes is 1. The average Bonchev–Trinajstić information content (AvgIpc) is 2.81. The molecule has 32 heavy (non-hydrogen) atoms. The highest BCUT2D eigenvalue weighted by Gasteiger charge is 2.11. The van der Waals surface area contributed by atoms with Crippen molar-refractivity contribution in [2.24, 2.45) is 0 Å². The van der Waals surface area contributed by atoms with E-state index in [1.807, 2.05) is 40.5 Å². The highest BCUT2D eigenvalue weighted by Crippen LogP contribution is 2.10. The first-order valence-corrected chi connectivity index (χ1v) is 12.5. The van der Waals surface area contributed by atoms with Crippen molar-refractivity contribution in [3.8, 4) is 0 Å². The first-order valence-electron chi connectivity index (χ1n) is 11.2. The number of ether oxygens (including phenoxy) is 2. The summed E-state index contributed by atoms with van der Waals surface area (Å²) in [6.45, 7) is 2.66. The maximum atomic E-state index is 12.0. The van der Waals surface area contributed by atoms with Crippen LogP contribution in [0.4, 0.5) is 0 Å². The summed E-state index contributed by atoms with van der Waals surface area (Å²) in [5.74, 6) is -0.327. The van der Waals surface area contributed by atoms with Gasteiger partial charge in [0, 0.05) is 12.8 Å². The lowest BCUT2D eigenvalue weighted by molar-refractivity contribution is -0.151. The number of hydrogen-bond acceptors (Lipinski definition) is 4. The van der Waals surface area contributed by atoms with Crippen molar-refractivity contribution >= 4 is 34.8 Å². The van der Waals surface area contributed by atoms with E-state index in [2.05, 4.69) is 66.0 Å². The predicted octanol–water partition coefficient (Wildman–Crippen LogP) is 7.05. The molecule has 0 saturated heterocycles. The third kappa shape index (κ3) is 14.9. The normalized spacial score (nSPS) is 13.9. The standard InChI is InChI=1S/C27H35IO4/c1-2-3-4-5-6-13-18-26(22-29)32-27(30)19-14-8-7-12-17-25(20-21-28)31-23-24-15-10-9-11-16-24/h3-4,6-7,9-13,15-16,20-22,25-26H,2,5,8,14,17-19,23H2,1H3/b4-3-,12-7-,13-6-,21-20+/t25-,26-/m1/s1. The lowest BCUT2D eigenvalue weighted by Crippen LogP contribution is -2.18. The molecule has 1 rings (SSSR count). The van der Waals surface area contributed by atoms with Gasteiger partial charge in [-0.05, 0) is 47.8 Å². The van der Waals surface area contributed by atoms with E-state index in [1.165, 1.54) is 0 Å². The van der Waals surface area contributed by atoms with Gasteiger partial charge in [0.2, 0.25) is 0 Å². The van der Waals surface area contributed by atoms with Gasteiger partial charge in [-0.1, -0.05) is 96.3 Å². The van der Waals surface area contributed by atoms with Crippen molar-refractivity contribution < 1.29 is 19.1 Å². The number of halogens is 1. The first-order chi connectivity index (χ1) is 15.7. The molecule has 0 aromatic heterocycles. The van der Waals surface area contributed by atoms with Crippen LogP contribution in [0.5, 0.6) is 0 Å². The monoisotopic (exact) mass is 550 g/mol. The van der Waals surface area contributed by atoms with Gasteiger partial charge in [0.25, 0.3) is 0 Å². The molecule has 2 atom stereocenters. The number of esters is 1. The van der Waals surface area contributed by atoms with Crippen LogP contribution in [0.15, 0.2) is 76.9 Å². The van der Waals surface area contributed by atoms with E-state index in [1.54, 1.807) is 0 Å². The van der Waals surface area contributed by atoms with Gasteiger partial charge in [-0.3, -0.25) is 9.59 Å². The second-order valence-corrected chi connectivity index (χ2v) is 7.96. The Bertz CT molecular complexity index is 737. The zero-order chi connectivity index (χ0) is 23.3. The molecule has 0 aliphatic rings. The lowest BCUT2D eigenvalue weighted by atomic mass is 10.2. The largest absolute Gasteiger partial charge is 0.454 e. The SMILES string of the molecule is CC/C=C\C/C=C\C[C@H](C=O)OC(=O)CCC/C=C\C[C@H](/C=C/I)OCc1ccccc1. The molecule has 0 bridgehead atoms. The van der Waals surface area contributed by atoms with Crippen LogP contribution in [0.3, 0.4) is 0 Å². The Kier molecular flexibility index (Phi) is 17.2. The van der Waals surface area contributed by atoms with Gasteiger partial charge < -0.3 is 9.47 Å². The van der Waals surface area contributed by atoms with E-state index in [-0.39, 0.29) is 12.1 Å². The fourth-order valence-corrected chi connectivity index (χ4v) is 3.26. The van der Waals surface area contributed by atoms with E-state index >= 15 is 0 Å². The van der Waals surface area contributed by atoms with Gasteiger partial charge in [-0.25, -0.2) is 0 Å². The number of carbonyl (C=O) groups is 2.